The minimum absolute atomic E-state index is 0.0130. The molecule has 404 valence electrons. The normalized spacial score (nSPS) is 19.8. The summed E-state index contributed by atoms with van der Waals surface area (Å²) in [6.45, 7) is 3.83. The summed E-state index contributed by atoms with van der Waals surface area (Å²) in [5.74, 6) is -0.442. The Kier molecular flexibility index (Phi) is 44.1. The zero-order chi connectivity index (χ0) is 51.0. The number of hydrogen-bond donors (Lipinski definition) is 4. The van der Waals surface area contributed by atoms with Gasteiger partial charge in [0.1, 0.15) is 30.5 Å². The van der Waals surface area contributed by atoms with Gasteiger partial charge >= 0.3 is 16.4 Å². The van der Waals surface area contributed by atoms with Crippen LogP contribution in [0.25, 0.3) is 0 Å². The van der Waals surface area contributed by atoms with Crippen LogP contribution in [0.1, 0.15) is 206 Å². The summed E-state index contributed by atoms with van der Waals surface area (Å²) in [5.41, 5.74) is 0. The molecule has 0 aromatic rings. The van der Waals surface area contributed by atoms with Crippen molar-refractivity contribution in [3.8, 4) is 0 Å². The first-order valence-electron chi connectivity index (χ1n) is 27.3. The van der Waals surface area contributed by atoms with E-state index in [-0.39, 0.29) is 19.6 Å². The molecule has 1 heterocycles. The smallest absolute Gasteiger partial charge is 0.397 e. The zero-order valence-corrected chi connectivity index (χ0v) is 44.4. The van der Waals surface area contributed by atoms with Gasteiger partial charge in [-0.1, -0.05) is 195 Å². The van der Waals surface area contributed by atoms with Crippen LogP contribution in [-0.2, 0) is 38.3 Å². The molecule has 0 spiro atoms. The molecular formula is C57H98O12S. The second kappa shape index (κ2) is 47.3. The summed E-state index contributed by atoms with van der Waals surface area (Å²) in [6, 6.07) is 0. The highest BCUT2D eigenvalue weighted by atomic mass is 32.3. The third kappa shape index (κ3) is 39.8. The number of carbonyl (C=O) groups excluding carboxylic acids is 1. The van der Waals surface area contributed by atoms with Gasteiger partial charge in [-0.2, -0.15) is 8.42 Å². The molecule has 0 aliphatic carbocycles. The van der Waals surface area contributed by atoms with E-state index < -0.39 is 59.8 Å². The number of esters is 1. The molecular weight excluding hydrogens is 909 g/mol. The minimum Gasteiger partial charge on any atom is -0.457 e. The Labute approximate surface area is 425 Å². The number of carbonyl (C=O) groups is 1. The lowest BCUT2D eigenvalue weighted by Crippen LogP contribution is -2.60. The molecule has 6 unspecified atom stereocenters. The average Bonchev–Trinajstić information content (AvgIpc) is 3.34. The van der Waals surface area contributed by atoms with Crippen molar-refractivity contribution in [1.82, 2.24) is 0 Å². The number of unbranched alkanes of at least 4 members (excludes halogenated alkanes) is 20. The van der Waals surface area contributed by atoms with Gasteiger partial charge in [0.05, 0.1) is 19.8 Å². The number of rotatable bonds is 47. The first-order chi connectivity index (χ1) is 34.1. The minimum atomic E-state index is -5.08. The van der Waals surface area contributed by atoms with Crippen LogP contribution in [0.5, 0.6) is 0 Å². The molecule has 13 heteroatoms. The number of aliphatic hydroxyl groups excluding tert-OH is 3. The van der Waals surface area contributed by atoms with Gasteiger partial charge in [-0.3, -0.25) is 9.35 Å². The Morgan fingerprint density at radius 2 is 0.986 bits per heavy atom. The SMILES string of the molecule is CC/C=C\C/C=C\C/C=C\C/C=C\C/C=C\C/C=C\CCCCC(=O)OC(COCCCCCCCCCCCC/C=C\CCCCCCCCCC)COC1OC(CO)C(O)C(OS(=O)(=O)O)C1O. The predicted molar refractivity (Wildman–Crippen MR) is 285 cm³/mol. The monoisotopic (exact) mass is 1010 g/mol. The van der Waals surface area contributed by atoms with E-state index in [1.54, 1.807) is 0 Å². The lowest BCUT2D eigenvalue weighted by Gasteiger charge is -2.41. The van der Waals surface area contributed by atoms with Crippen molar-refractivity contribution in [1.29, 1.82) is 0 Å². The molecule has 4 N–H and O–H groups in total. The Morgan fingerprint density at radius 1 is 0.557 bits per heavy atom. The van der Waals surface area contributed by atoms with E-state index in [2.05, 4.69) is 103 Å². The van der Waals surface area contributed by atoms with Crippen LogP contribution in [0, 0.1) is 0 Å². The molecule has 0 amide bonds. The second-order valence-electron chi connectivity index (χ2n) is 18.4. The molecule has 1 saturated heterocycles. The van der Waals surface area contributed by atoms with E-state index in [0.717, 1.165) is 70.6 Å². The van der Waals surface area contributed by atoms with E-state index >= 15 is 0 Å². The van der Waals surface area contributed by atoms with Gasteiger partial charge in [-0.25, -0.2) is 4.18 Å². The number of allylic oxidation sites excluding steroid dienone is 14. The summed E-state index contributed by atoms with van der Waals surface area (Å²) in [5, 5.41) is 30.8. The summed E-state index contributed by atoms with van der Waals surface area (Å²) >= 11 is 0. The lowest BCUT2D eigenvalue weighted by atomic mass is 9.99. The molecule has 0 radical (unpaired) electrons. The summed E-state index contributed by atoms with van der Waals surface area (Å²) < 4.78 is 59.3. The third-order valence-electron chi connectivity index (χ3n) is 12.0. The van der Waals surface area contributed by atoms with Crippen molar-refractivity contribution in [3.05, 3.63) is 85.1 Å². The van der Waals surface area contributed by atoms with Crippen molar-refractivity contribution in [2.75, 3.05) is 26.4 Å². The van der Waals surface area contributed by atoms with Gasteiger partial charge < -0.3 is 34.3 Å². The van der Waals surface area contributed by atoms with E-state index in [1.165, 1.54) is 109 Å². The van der Waals surface area contributed by atoms with Gasteiger partial charge in [0.2, 0.25) is 0 Å². The fourth-order valence-corrected chi connectivity index (χ4v) is 8.41. The largest absolute Gasteiger partial charge is 0.457 e. The average molecular weight is 1010 g/mol. The van der Waals surface area contributed by atoms with Crippen molar-refractivity contribution >= 4 is 16.4 Å². The number of aliphatic hydroxyl groups is 3. The fourth-order valence-electron chi connectivity index (χ4n) is 7.91. The maximum Gasteiger partial charge on any atom is 0.397 e. The summed E-state index contributed by atoms with van der Waals surface area (Å²) in [7, 11) is -5.08. The molecule has 0 aromatic carbocycles. The quantitative estimate of drug-likeness (QED) is 0.0197. The Bertz CT molecular complexity index is 1540. The van der Waals surface area contributed by atoms with E-state index in [9.17, 15) is 33.1 Å². The molecule has 0 aromatic heterocycles. The molecule has 1 fully saturated rings. The zero-order valence-electron chi connectivity index (χ0n) is 43.6. The van der Waals surface area contributed by atoms with Crippen molar-refractivity contribution in [3.63, 3.8) is 0 Å². The Balaban J connectivity index is 2.37. The maximum atomic E-state index is 12.9. The molecule has 12 nitrogen and oxygen atoms in total. The maximum absolute atomic E-state index is 12.9. The highest BCUT2D eigenvalue weighted by molar-refractivity contribution is 7.80. The number of ether oxygens (including phenoxy) is 4. The number of hydrogen-bond acceptors (Lipinski definition) is 11. The molecule has 0 saturated carbocycles. The van der Waals surface area contributed by atoms with Crippen molar-refractivity contribution in [2.45, 2.75) is 243 Å². The second-order valence-corrected chi connectivity index (χ2v) is 19.5. The van der Waals surface area contributed by atoms with Crippen LogP contribution in [0.3, 0.4) is 0 Å². The van der Waals surface area contributed by atoms with Crippen molar-refractivity contribution < 1.29 is 56.2 Å². The summed E-state index contributed by atoms with van der Waals surface area (Å²) in [6.07, 6.45) is 54.8. The van der Waals surface area contributed by atoms with Crippen LogP contribution in [0.15, 0.2) is 85.1 Å². The van der Waals surface area contributed by atoms with Crippen LogP contribution in [0.4, 0.5) is 0 Å². The van der Waals surface area contributed by atoms with E-state index in [0.29, 0.717) is 13.0 Å². The van der Waals surface area contributed by atoms with Crippen molar-refractivity contribution in [2.24, 2.45) is 0 Å². The van der Waals surface area contributed by atoms with Gasteiger partial charge in [0, 0.05) is 13.0 Å². The topological polar surface area (TPSA) is 178 Å². The molecule has 0 bridgehead atoms. The Hall–Kier alpha value is -2.72. The van der Waals surface area contributed by atoms with E-state index in [4.69, 9.17) is 18.9 Å². The Morgan fingerprint density at radius 3 is 1.46 bits per heavy atom. The van der Waals surface area contributed by atoms with Crippen LogP contribution in [0.2, 0.25) is 0 Å². The molecule has 70 heavy (non-hydrogen) atoms. The van der Waals surface area contributed by atoms with Gasteiger partial charge in [0.25, 0.3) is 0 Å². The third-order valence-corrected chi connectivity index (χ3v) is 12.5. The van der Waals surface area contributed by atoms with Crippen LogP contribution in [-0.4, -0.2) is 97.5 Å². The first kappa shape index (κ1) is 65.3. The van der Waals surface area contributed by atoms with Crippen LogP contribution >= 0.6 is 0 Å². The molecule has 1 aliphatic rings. The summed E-state index contributed by atoms with van der Waals surface area (Å²) in [4.78, 5) is 12.9. The van der Waals surface area contributed by atoms with Gasteiger partial charge in [-0.05, 0) is 89.9 Å². The lowest BCUT2D eigenvalue weighted by molar-refractivity contribution is -0.301. The highest BCUT2D eigenvalue weighted by Gasteiger charge is 2.48. The first-order valence-corrected chi connectivity index (χ1v) is 28.7. The van der Waals surface area contributed by atoms with Crippen LogP contribution < -0.4 is 0 Å². The van der Waals surface area contributed by atoms with Gasteiger partial charge in [0.15, 0.2) is 6.29 Å². The molecule has 1 rings (SSSR count). The van der Waals surface area contributed by atoms with Gasteiger partial charge in [-0.15, -0.1) is 0 Å². The predicted octanol–water partition coefficient (Wildman–Crippen LogP) is 13.2. The standard InChI is InChI=1S/C57H98O12S/c1-3-5-7-9-11-13-15-17-19-21-23-25-27-29-31-33-35-37-39-41-43-45-47-65-49-51(50-66-57-55(61)56(69-70(62,63)64)54(60)52(48-58)68-57)67-53(59)46-44-42-40-38-36-34-32-30-28-26-24-22-20-18-16-14-12-10-8-6-4-2/h6,8,12,14,18,20-21,23-24,26,30,32,36,38,51-52,54-58,60-61H,3-5,7,9-11,13,15-17,19,22,25,27-29,31,33-35,37,39-50H2,1-2H3,(H,62,63,64)/b8-6-,14-12-,20-18-,23-21-,26-24-,32-30-,38-36-. The molecule has 1 aliphatic heterocycles. The fraction of sp³-hybridized carbons (Fsp3) is 0.737. The molecule has 6 atom stereocenters. The van der Waals surface area contributed by atoms with E-state index in [1.807, 2.05) is 0 Å². The highest BCUT2D eigenvalue weighted by Crippen LogP contribution is 2.26.